The van der Waals surface area contributed by atoms with E-state index >= 15 is 0 Å². The number of hydrazine groups is 1. The molecule has 0 bridgehead atoms. The highest BCUT2D eigenvalue weighted by atomic mass is 15.4. The smallest absolute Gasteiger partial charge is 0.178 e. The lowest BCUT2D eigenvalue weighted by Crippen LogP contribution is -2.25. The Hall–Kier alpha value is -3.32. The number of hydrogen-bond acceptors (Lipinski definition) is 7. The van der Waals surface area contributed by atoms with E-state index in [1.165, 1.54) is 5.01 Å². The number of anilines is 1. The number of aromatic nitrogens is 4. The van der Waals surface area contributed by atoms with Gasteiger partial charge in [-0.1, -0.05) is 6.07 Å². The molecule has 0 unspecified atom stereocenters. The van der Waals surface area contributed by atoms with Crippen LogP contribution in [-0.4, -0.2) is 19.9 Å². The summed E-state index contributed by atoms with van der Waals surface area (Å²) in [5, 5.41) is 1.40. The van der Waals surface area contributed by atoms with Crippen LogP contribution in [0.5, 0.6) is 0 Å². The second-order valence-corrected chi connectivity index (χ2v) is 4.68. The summed E-state index contributed by atoms with van der Waals surface area (Å²) in [6.45, 7) is 0. The minimum absolute atomic E-state index is 0.425. The number of pyridine rings is 2. The zero-order chi connectivity index (χ0) is 16.1. The highest BCUT2D eigenvalue weighted by molar-refractivity contribution is 5.65. The molecule has 0 spiro atoms. The van der Waals surface area contributed by atoms with Crippen molar-refractivity contribution >= 4 is 11.4 Å². The van der Waals surface area contributed by atoms with E-state index in [2.05, 4.69) is 19.9 Å². The monoisotopic (exact) mass is 305 g/mol. The largest absolute Gasteiger partial charge is 0.396 e. The Morgan fingerprint density at radius 1 is 1.00 bits per heavy atom. The van der Waals surface area contributed by atoms with Crippen molar-refractivity contribution < 1.29 is 0 Å². The van der Waals surface area contributed by atoms with Crippen molar-refractivity contribution in [2.75, 3.05) is 5.01 Å². The molecule has 7 nitrogen and oxygen atoms in total. The number of nitrogens with zero attached hydrogens (tertiary/aromatic N) is 5. The molecule has 3 aromatic rings. The van der Waals surface area contributed by atoms with Gasteiger partial charge in [0, 0.05) is 24.8 Å². The molecule has 0 atom stereocenters. The Kier molecular flexibility index (Phi) is 4.21. The van der Waals surface area contributed by atoms with Gasteiger partial charge in [0.2, 0.25) is 0 Å². The standard InChI is InChI=1S/C16H15N7/c17-13(11-23(18)12-4-2-7-19-10-12)14-5-1-6-15(22-14)16-20-8-3-9-21-16/h1-11H,17-18H2/b13-11-. The highest BCUT2D eigenvalue weighted by Gasteiger charge is 2.06. The lowest BCUT2D eigenvalue weighted by atomic mass is 10.2. The van der Waals surface area contributed by atoms with Crippen LogP contribution in [0.25, 0.3) is 17.2 Å². The normalized spacial score (nSPS) is 11.3. The average molecular weight is 305 g/mol. The van der Waals surface area contributed by atoms with Crippen LogP contribution in [0.15, 0.2) is 67.4 Å². The molecule has 0 aromatic carbocycles. The van der Waals surface area contributed by atoms with Gasteiger partial charge in [-0.25, -0.2) is 20.8 Å². The highest BCUT2D eigenvalue weighted by Crippen LogP contribution is 2.16. The van der Waals surface area contributed by atoms with E-state index in [9.17, 15) is 0 Å². The van der Waals surface area contributed by atoms with E-state index < -0.39 is 0 Å². The van der Waals surface area contributed by atoms with Crippen LogP contribution in [0.4, 0.5) is 5.69 Å². The molecule has 4 N–H and O–H groups in total. The van der Waals surface area contributed by atoms with Crippen molar-refractivity contribution in [3.05, 3.63) is 73.1 Å². The molecule has 23 heavy (non-hydrogen) atoms. The molecule has 0 amide bonds. The Labute approximate surface area is 133 Å². The van der Waals surface area contributed by atoms with Crippen molar-refractivity contribution in [2.24, 2.45) is 11.6 Å². The summed E-state index contributed by atoms with van der Waals surface area (Å²) in [5.74, 6) is 6.51. The Morgan fingerprint density at radius 2 is 1.83 bits per heavy atom. The SMILES string of the molecule is N/C(=C\N(N)c1cccnc1)c1cccc(-c2ncccn2)n1. The molecule has 0 saturated heterocycles. The average Bonchev–Trinajstić information content (AvgIpc) is 2.63. The summed E-state index contributed by atoms with van der Waals surface area (Å²) in [5.41, 5.74) is 8.48. The quantitative estimate of drug-likeness (QED) is 0.556. The lowest BCUT2D eigenvalue weighted by molar-refractivity contribution is 1.06. The van der Waals surface area contributed by atoms with E-state index in [1.807, 2.05) is 18.2 Å². The number of hydrogen-bond donors (Lipinski definition) is 2. The fourth-order valence-electron chi connectivity index (χ4n) is 1.95. The van der Waals surface area contributed by atoms with Gasteiger partial charge in [-0.15, -0.1) is 0 Å². The molecule has 0 fully saturated rings. The molecule has 0 aliphatic carbocycles. The van der Waals surface area contributed by atoms with Gasteiger partial charge in [-0.3, -0.25) is 9.99 Å². The first-order chi connectivity index (χ1) is 11.2. The van der Waals surface area contributed by atoms with E-state index in [-0.39, 0.29) is 0 Å². The fourth-order valence-corrected chi connectivity index (χ4v) is 1.95. The molecule has 0 saturated carbocycles. The summed E-state index contributed by atoms with van der Waals surface area (Å²) in [6, 6.07) is 10.9. The maximum atomic E-state index is 6.10. The zero-order valence-corrected chi connectivity index (χ0v) is 12.2. The van der Waals surface area contributed by atoms with Gasteiger partial charge in [0.1, 0.15) is 5.69 Å². The molecule has 7 heteroatoms. The van der Waals surface area contributed by atoms with Crippen LogP contribution in [-0.2, 0) is 0 Å². The van der Waals surface area contributed by atoms with Crippen LogP contribution in [0.3, 0.4) is 0 Å². The third-order valence-corrected chi connectivity index (χ3v) is 3.06. The van der Waals surface area contributed by atoms with Crippen molar-refractivity contribution in [1.29, 1.82) is 0 Å². The topological polar surface area (TPSA) is 107 Å². The molecule has 0 radical (unpaired) electrons. The van der Waals surface area contributed by atoms with Crippen molar-refractivity contribution in [1.82, 2.24) is 19.9 Å². The summed E-state index contributed by atoms with van der Waals surface area (Å²) in [6.07, 6.45) is 8.25. The first-order valence-electron chi connectivity index (χ1n) is 6.90. The van der Waals surface area contributed by atoms with Crippen LogP contribution in [0.1, 0.15) is 5.69 Å². The van der Waals surface area contributed by atoms with E-state index in [0.29, 0.717) is 22.9 Å². The molecule has 0 aliphatic rings. The molecule has 3 heterocycles. The third kappa shape index (κ3) is 3.47. The lowest BCUT2D eigenvalue weighted by Gasteiger charge is -2.14. The maximum absolute atomic E-state index is 6.10. The predicted octanol–water partition coefficient (Wildman–Crippen LogP) is 1.57. The minimum Gasteiger partial charge on any atom is -0.396 e. The molecular weight excluding hydrogens is 290 g/mol. The Morgan fingerprint density at radius 3 is 2.57 bits per heavy atom. The van der Waals surface area contributed by atoms with Gasteiger partial charge in [0.05, 0.1) is 23.3 Å². The Bertz CT molecular complexity index is 803. The molecule has 3 rings (SSSR count). The zero-order valence-electron chi connectivity index (χ0n) is 12.2. The van der Waals surface area contributed by atoms with Gasteiger partial charge in [-0.2, -0.15) is 0 Å². The molecular formula is C16H15N7. The van der Waals surface area contributed by atoms with Gasteiger partial charge in [0.25, 0.3) is 0 Å². The molecule has 114 valence electrons. The van der Waals surface area contributed by atoms with Crippen LogP contribution >= 0.6 is 0 Å². The number of nitrogens with two attached hydrogens (primary N) is 2. The first kappa shape index (κ1) is 14.6. The van der Waals surface area contributed by atoms with Crippen molar-refractivity contribution in [2.45, 2.75) is 0 Å². The maximum Gasteiger partial charge on any atom is 0.178 e. The van der Waals surface area contributed by atoms with E-state index in [1.54, 1.807) is 49.2 Å². The van der Waals surface area contributed by atoms with Gasteiger partial charge in [-0.05, 0) is 30.3 Å². The summed E-state index contributed by atoms with van der Waals surface area (Å²) in [7, 11) is 0. The second kappa shape index (κ2) is 6.63. The fraction of sp³-hybridized carbons (Fsp3) is 0. The van der Waals surface area contributed by atoms with Crippen LogP contribution in [0, 0.1) is 0 Å². The van der Waals surface area contributed by atoms with Crippen LogP contribution in [0.2, 0.25) is 0 Å². The summed E-state index contributed by atoms with van der Waals surface area (Å²) in [4.78, 5) is 16.9. The second-order valence-electron chi connectivity index (χ2n) is 4.68. The minimum atomic E-state index is 0.425. The summed E-state index contributed by atoms with van der Waals surface area (Å²) >= 11 is 0. The first-order valence-corrected chi connectivity index (χ1v) is 6.90. The van der Waals surface area contributed by atoms with Crippen LogP contribution < -0.4 is 16.6 Å². The van der Waals surface area contributed by atoms with E-state index in [4.69, 9.17) is 11.6 Å². The number of rotatable bonds is 4. The third-order valence-electron chi connectivity index (χ3n) is 3.06. The summed E-state index contributed by atoms with van der Waals surface area (Å²) < 4.78 is 0. The van der Waals surface area contributed by atoms with Gasteiger partial charge in [0.15, 0.2) is 5.82 Å². The van der Waals surface area contributed by atoms with Crippen molar-refractivity contribution in [3.8, 4) is 11.5 Å². The van der Waals surface area contributed by atoms with Gasteiger partial charge < -0.3 is 5.73 Å². The van der Waals surface area contributed by atoms with E-state index in [0.717, 1.165) is 5.69 Å². The van der Waals surface area contributed by atoms with Gasteiger partial charge >= 0.3 is 0 Å². The molecule has 3 aromatic heterocycles. The predicted molar refractivity (Wildman–Crippen MR) is 88.3 cm³/mol. The molecule has 0 aliphatic heterocycles. The Balaban J connectivity index is 1.88. The van der Waals surface area contributed by atoms with Crippen molar-refractivity contribution in [3.63, 3.8) is 0 Å².